The molecule has 5 nitrogen and oxygen atoms in total. The van der Waals surface area contributed by atoms with Gasteiger partial charge in [0.15, 0.2) is 11.5 Å². The Morgan fingerprint density at radius 3 is 2.07 bits per heavy atom. The average molecular weight is 383 g/mol. The molecule has 2 rings (SSSR count). The lowest BCUT2D eigenvalue weighted by molar-refractivity contribution is -0.137. The predicted octanol–water partition coefficient (Wildman–Crippen LogP) is 4.22. The van der Waals surface area contributed by atoms with Gasteiger partial charge in [-0.1, -0.05) is 6.07 Å². The highest BCUT2D eigenvalue weighted by molar-refractivity contribution is 5.94. The molecule has 27 heavy (non-hydrogen) atoms. The van der Waals surface area contributed by atoms with E-state index in [1.807, 2.05) is 0 Å². The van der Waals surface area contributed by atoms with Crippen molar-refractivity contribution in [3.63, 3.8) is 0 Å². The second-order valence-electron chi connectivity index (χ2n) is 5.73. The molecule has 0 spiro atoms. The van der Waals surface area contributed by atoms with Crippen molar-refractivity contribution in [2.45, 2.75) is 19.1 Å². The summed E-state index contributed by atoms with van der Waals surface area (Å²) in [4.78, 5) is 12.4. The molecule has 2 aromatic rings. The SMILES string of the molecule is COc1cc(C(C)NC(=O)c2cccc(C(F)(F)F)c2)cc(OC)c1OC. The topological polar surface area (TPSA) is 56.8 Å². The fourth-order valence-corrected chi connectivity index (χ4v) is 2.55. The van der Waals surface area contributed by atoms with Gasteiger partial charge in [-0.25, -0.2) is 0 Å². The number of methoxy groups -OCH3 is 3. The van der Waals surface area contributed by atoms with Crippen molar-refractivity contribution in [2.24, 2.45) is 0 Å². The molecular formula is C19H20F3NO4. The molecule has 0 aromatic heterocycles. The highest BCUT2D eigenvalue weighted by atomic mass is 19.4. The molecule has 0 aliphatic rings. The molecule has 0 bridgehead atoms. The standard InChI is InChI=1S/C19H20F3NO4/c1-11(13-9-15(25-2)17(27-4)16(10-13)26-3)23-18(24)12-6-5-7-14(8-12)19(20,21)22/h5-11H,1-4H3,(H,23,24). The summed E-state index contributed by atoms with van der Waals surface area (Å²) in [5, 5.41) is 2.67. The van der Waals surface area contributed by atoms with Crippen molar-refractivity contribution in [3.8, 4) is 17.2 Å². The number of alkyl halides is 3. The number of benzene rings is 2. The van der Waals surface area contributed by atoms with Crippen LogP contribution in [0, 0.1) is 0 Å². The first-order chi connectivity index (χ1) is 12.7. The maximum atomic E-state index is 12.8. The minimum Gasteiger partial charge on any atom is -0.493 e. The van der Waals surface area contributed by atoms with Crippen LogP contribution < -0.4 is 19.5 Å². The van der Waals surface area contributed by atoms with Crippen LogP contribution in [0.3, 0.4) is 0 Å². The number of amides is 1. The molecule has 0 saturated carbocycles. The first kappa shape index (κ1) is 20.4. The zero-order chi connectivity index (χ0) is 20.2. The smallest absolute Gasteiger partial charge is 0.416 e. The van der Waals surface area contributed by atoms with E-state index in [0.717, 1.165) is 12.1 Å². The third kappa shape index (κ3) is 4.64. The van der Waals surface area contributed by atoms with Crippen LogP contribution in [0.15, 0.2) is 36.4 Å². The van der Waals surface area contributed by atoms with Crippen LogP contribution in [0.2, 0.25) is 0 Å². The quantitative estimate of drug-likeness (QED) is 0.811. The highest BCUT2D eigenvalue weighted by Gasteiger charge is 2.31. The van der Waals surface area contributed by atoms with E-state index in [-0.39, 0.29) is 5.56 Å². The predicted molar refractivity (Wildman–Crippen MR) is 93.4 cm³/mol. The van der Waals surface area contributed by atoms with Crippen LogP contribution >= 0.6 is 0 Å². The Balaban J connectivity index is 2.27. The van der Waals surface area contributed by atoms with Gasteiger partial charge in [0.25, 0.3) is 5.91 Å². The fourth-order valence-electron chi connectivity index (χ4n) is 2.55. The lowest BCUT2D eigenvalue weighted by Crippen LogP contribution is -2.27. The van der Waals surface area contributed by atoms with E-state index in [4.69, 9.17) is 14.2 Å². The second kappa shape index (κ2) is 8.20. The molecule has 1 unspecified atom stereocenters. The van der Waals surface area contributed by atoms with Gasteiger partial charge in [0, 0.05) is 5.56 Å². The first-order valence-corrected chi connectivity index (χ1v) is 7.99. The van der Waals surface area contributed by atoms with Crippen molar-refractivity contribution in [1.82, 2.24) is 5.32 Å². The van der Waals surface area contributed by atoms with Gasteiger partial charge in [0.05, 0.1) is 32.9 Å². The molecule has 1 N–H and O–H groups in total. The summed E-state index contributed by atoms with van der Waals surface area (Å²) in [6.07, 6.45) is -4.52. The molecule has 0 aliphatic heterocycles. The Morgan fingerprint density at radius 2 is 1.59 bits per heavy atom. The monoisotopic (exact) mass is 383 g/mol. The summed E-state index contributed by atoms with van der Waals surface area (Å²) in [5.74, 6) is 0.599. The molecule has 2 aromatic carbocycles. The van der Waals surface area contributed by atoms with E-state index in [1.54, 1.807) is 19.1 Å². The molecule has 1 amide bonds. The molecular weight excluding hydrogens is 363 g/mol. The highest BCUT2D eigenvalue weighted by Crippen LogP contribution is 2.39. The number of ether oxygens (including phenoxy) is 3. The summed E-state index contributed by atoms with van der Waals surface area (Å²) < 4.78 is 54.3. The maximum absolute atomic E-state index is 12.8. The van der Waals surface area contributed by atoms with Gasteiger partial charge in [-0.05, 0) is 42.8 Å². The Labute approximate surface area is 155 Å². The molecule has 0 aliphatic carbocycles. The van der Waals surface area contributed by atoms with Gasteiger partial charge in [0.2, 0.25) is 5.75 Å². The summed E-state index contributed by atoms with van der Waals surface area (Å²) in [7, 11) is 4.40. The number of hydrogen-bond donors (Lipinski definition) is 1. The number of rotatable bonds is 6. The van der Waals surface area contributed by atoms with E-state index in [2.05, 4.69) is 5.32 Å². The van der Waals surface area contributed by atoms with Gasteiger partial charge in [-0.2, -0.15) is 13.2 Å². The van der Waals surface area contributed by atoms with Crippen LogP contribution in [0.5, 0.6) is 17.2 Å². The van der Waals surface area contributed by atoms with Gasteiger partial charge in [0.1, 0.15) is 0 Å². The maximum Gasteiger partial charge on any atom is 0.416 e. The zero-order valence-electron chi connectivity index (χ0n) is 15.3. The van der Waals surface area contributed by atoms with Crippen molar-refractivity contribution >= 4 is 5.91 Å². The van der Waals surface area contributed by atoms with Crippen molar-refractivity contribution < 1.29 is 32.2 Å². The number of carbonyl (C=O) groups is 1. The average Bonchev–Trinajstić information content (AvgIpc) is 2.65. The van der Waals surface area contributed by atoms with Crippen LogP contribution in [-0.2, 0) is 6.18 Å². The molecule has 0 fully saturated rings. The third-order valence-corrected chi connectivity index (χ3v) is 3.99. The van der Waals surface area contributed by atoms with E-state index < -0.39 is 23.7 Å². The summed E-state index contributed by atoms with van der Waals surface area (Å²) >= 11 is 0. The normalized spacial score (nSPS) is 12.3. The van der Waals surface area contributed by atoms with E-state index in [0.29, 0.717) is 22.8 Å². The number of carbonyl (C=O) groups excluding carboxylic acids is 1. The summed E-state index contributed by atoms with van der Waals surface area (Å²) in [5.41, 5.74) is -0.315. The van der Waals surface area contributed by atoms with Crippen molar-refractivity contribution in [1.29, 1.82) is 0 Å². The molecule has 146 valence electrons. The number of nitrogens with one attached hydrogen (secondary N) is 1. The molecule has 0 radical (unpaired) electrons. The number of hydrogen-bond acceptors (Lipinski definition) is 4. The Bertz CT molecular complexity index is 796. The fraction of sp³-hybridized carbons (Fsp3) is 0.316. The molecule has 8 heteroatoms. The van der Waals surface area contributed by atoms with Crippen molar-refractivity contribution in [2.75, 3.05) is 21.3 Å². The van der Waals surface area contributed by atoms with E-state index >= 15 is 0 Å². The van der Waals surface area contributed by atoms with Gasteiger partial charge < -0.3 is 19.5 Å². The van der Waals surface area contributed by atoms with E-state index in [9.17, 15) is 18.0 Å². The Hall–Kier alpha value is -2.90. The minimum atomic E-state index is -4.52. The van der Waals surface area contributed by atoms with Crippen LogP contribution in [0.1, 0.15) is 34.5 Å². The molecule has 0 heterocycles. The first-order valence-electron chi connectivity index (χ1n) is 7.99. The largest absolute Gasteiger partial charge is 0.493 e. The lowest BCUT2D eigenvalue weighted by Gasteiger charge is -2.19. The third-order valence-electron chi connectivity index (χ3n) is 3.99. The van der Waals surface area contributed by atoms with Gasteiger partial charge in [-0.3, -0.25) is 4.79 Å². The van der Waals surface area contributed by atoms with E-state index in [1.165, 1.54) is 33.5 Å². The minimum absolute atomic E-state index is 0.0795. The van der Waals surface area contributed by atoms with Gasteiger partial charge in [-0.15, -0.1) is 0 Å². The summed E-state index contributed by atoms with van der Waals surface area (Å²) in [6, 6.07) is 7.07. The Kier molecular flexibility index (Phi) is 6.20. The molecule has 1 atom stereocenters. The van der Waals surface area contributed by atoms with Crippen LogP contribution in [0.25, 0.3) is 0 Å². The zero-order valence-corrected chi connectivity index (χ0v) is 15.3. The summed E-state index contributed by atoms with van der Waals surface area (Å²) in [6.45, 7) is 1.70. The number of halogens is 3. The Morgan fingerprint density at radius 1 is 1.00 bits per heavy atom. The molecule has 0 saturated heterocycles. The van der Waals surface area contributed by atoms with Crippen LogP contribution in [-0.4, -0.2) is 27.2 Å². The van der Waals surface area contributed by atoms with Gasteiger partial charge >= 0.3 is 6.18 Å². The second-order valence-corrected chi connectivity index (χ2v) is 5.73. The lowest BCUT2D eigenvalue weighted by atomic mass is 10.1. The van der Waals surface area contributed by atoms with Crippen LogP contribution in [0.4, 0.5) is 13.2 Å². The van der Waals surface area contributed by atoms with Crippen molar-refractivity contribution in [3.05, 3.63) is 53.1 Å².